The molecule has 288 valence electrons. The van der Waals surface area contributed by atoms with Gasteiger partial charge in [0.1, 0.15) is 35.4 Å². The van der Waals surface area contributed by atoms with Crippen LogP contribution in [0.2, 0.25) is 0 Å². The smallest absolute Gasteiger partial charge is 0.408 e. The van der Waals surface area contributed by atoms with Gasteiger partial charge >= 0.3 is 12.2 Å². The third kappa shape index (κ3) is 7.84. The van der Waals surface area contributed by atoms with E-state index in [4.69, 9.17) is 9.72 Å². The predicted molar refractivity (Wildman–Crippen MR) is 205 cm³/mol. The number of alkyl carbamates (subject to hydrolysis) is 2. The molecule has 3 aliphatic rings. The SMILES string of the molecule is C=C1CCN(C(=O)[C@H](C)NC(=O)OC)[C@@H]1c1ncc(-c2ccc(-c3ccc(-c4cnc([C@@H]5CC[C@@H]6CC[C@H](NC(=O)OC(C)(C)C)C(=O)N65)[nH]4)cc3)cc2)[nH]1. The molecule has 2 aromatic carbocycles. The molecule has 55 heavy (non-hydrogen) atoms. The maximum absolute atomic E-state index is 13.6. The monoisotopic (exact) mass is 748 g/mol. The number of benzene rings is 2. The summed E-state index contributed by atoms with van der Waals surface area (Å²) in [5.74, 6) is 1.03. The van der Waals surface area contributed by atoms with E-state index in [1.54, 1.807) is 38.8 Å². The molecule has 0 spiro atoms. The summed E-state index contributed by atoms with van der Waals surface area (Å²) in [4.78, 5) is 70.7. The van der Waals surface area contributed by atoms with Crippen molar-refractivity contribution in [2.24, 2.45) is 0 Å². The van der Waals surface area contributed by atoms with Crippen molar-refractivity contribution in [3.8, 4) is 33.6 Å². The number of H-pyrrole nitrogens is 2. The van der Waals surface area contributed by atoms with Crippen LogP contribution in [0, 0.1) is 0 Å². The Morgan fingerprint density at radius 3 is 2.02 bits per heavy atom. The minimum absolute atomic E-state index is 0.0924. The number of hydrogen-bond acceptors (Lipinski definition) is 8. The number of amides is 4. The zero-order valence-electron chi connectivity index (χ0n) is 31.8. The van der Waals surface area contributed by atoms with Gasteiger partial charge in [0.05, 0.1) is 36.9 Å². The number of aromatic nitrogens is 4. The van der Waals surface area contributed by atoms with Gasteiger partial charge in [0.25, 0.3) is 0 Å². The quantitative estimate of drug-likeness (QED) is 0.149. The fourth-order valence-corrected chi connectivity index (χ4v) is 7.85. The number of fused-ring (bicyclic) bond motifs is 1. The molecule has 2 aromatic heterocycles. The first-order chi connectivity index (χ1) is 26.3. The molecule has 14 heteroatoms. The summed E-state index contributed by atoms with van der Waals surface area (Å²) in [6.45, 7) is 11.7. The van der Waals surface area contributed by atoms with Crippen LogP contribution in [-0.4, -0.2) is 91.1 Å². The first kappa shape index (κ1) is 37.4. The summed E-state index contributed by atoms with van der Waals surface area (Å²) in [6, 6.07) is 14.6. The highest BCUT2D eigenvalue weighted by Crippen LogP contribution is 2.41. The van der Waals surface area contributed by atoms with Gasteiger partial charge in [0.2, 0.25) is 11.8 Å². The average Bonchev–Trinajstić information content (AvgIpc) is 3.98. The molecule has 4 N–H and O–H groups in total. The number of methoxy groups -OCH3 is 1. The zero-order chi connectivity index (χ0) is 39.0. The maximum atomic E-state index is 13.6. The molecule has 3 fully saturated rings. The van der Waals surface area contributed by atoms with Crippen LogP contribution in [-0.2, 0) is 19.1 Å². The molecule has 0 unspecified atom stereocenters. The van der Waals surface area contributed by atoms with Crippen molar-refractivity contribution >= 4 is 24.0 Å². The Balaban J connectivity index is 0.994. The van der Waals surface area contributed by atoms with Gasteiger partial charge in [-0.2, -0.15) is 0 Å². The van der Waals surface area contributed by atoms with Crippen LogP contribution >= 0.6 is 0 Å². The third-order valence-corrected chi connectivity index (χ3v) is 10.6. The Morgan fingerprint density at radius 2 is 1.42 bits per heavy atom. The standard InChI is InChI=1S/C41H48N8O6/c1-23-19-20-48(37(50)24(2)44-39(52)54-6)34(23)36-43-22-32(46-36)28-13-9-26(10-14-28)25-7-11-27(12-8-25)31-21-42-35(45-31)33-18-16-29-15-17-30(38(51)49(29)33)47-40(53)55-41(3,4)5/h7-14,21-22,24,29-30,33-34H,1,15-20H2,2-6H3,(H,42,45)(H,43,46)(H,44,52)(H,47,53)/t24-,29-,30-,33-,34-/m0/s1. The fraction of sp³-hybridized carbons (Fsp3) is 0.415. The molecule has 5 heterocycles. The minimum Gasteiger partial charge on any atom is -0.453 e. The Hall–Kier alpha value is -5.92. The largest absolute Gasteiger partial charge is 0.453 e. The van der Waals surface area contributed by atoms with Gasteiger partial charge in [-0.1, -0.05) is 55.1 Å². The van der Waals surface area contributed by atoms with Crippen LogP contribution in [0.3, 0.4) is 0 Å². The number of carbonyl (C=O) groups is 4. The van der Waals surface area contributed by atoms with Gasteiger partial charge in [-0.3, -0.25) is 9.59 Å². The minimum atomic E-state index is -0.758. The molecule has 5 atom stereocenters. The van der Waals surface area contributed by atoms with Gasteiger partial charge in [0, 0.05) is 12.6 Å². The molecule has 3 saturated heterocycles. The lowest BCUT2D eigenvalue weighted by atomic mass is 9.98. The molecule has 3 aliphatic heterocycles. The van der Waals surface area contributed by atoms with Crippen molar-refractivity contribution in [2.45, 2.75) is 95.6 Å². The Labute approximate surface area is 320 Å². The molecule has 7 rings (SSSR count). The molecule has 4 amide bonds. The zero-order valence-corrected chi connectivity index (χ0v) is 31.8. The second-order valence-electron chi connectivity index (χ2n) is 15.5. The predicted octanol–water partition coefficient (Wildman–Crippen LogP) is 6.43. The summed E-state index contributed by atoms with van der Waals surface area (Å²) < 4.78 is 10.1. The number of imidazole rings is 2. The van der Waals surface area contributed by atoms with E-state index in [0.29, 0.717) is 25.2 Å². The summed E-state index contributed by atoms with van der Waals surface area (Å²) in [5, 5.41) is 5.33. The number of rotatable bonds is 8. The van der Waals surface area contributed by atoms with Crippen LogP contribution in [0.1, 0.15) is 83.5 Å². The normalized spacial score (nSPS) is 21.6. The number of hydrogen-bond donors (Lipinski definition) is 4. The summed E-state index contributed by atoms with van der Waals surface area (Å²) in [6.07, 6.45) is 6.08. The van der Waals surface area contributed by atoms with Gasteiger partial charge in [-0.25, -0.2) is 19.6 Å². The fourth-order valence-electron chi connectivity index (χ4n) is 7.85. The molecular formula is C41H48N8O6. The maximum Gasteiger partial charge on any atom is 0.408 e. The van der Waals surface area contributed by atoms with Crippen molar-refractivity contribution in [1.29, 1.82) is 0 Å². The van der Waals surface area contributed by atoms with Gasteiger partial charge in [-0.15, -0.1) is 0 Å². The van der Waals surface area contributed by atoms with E-state index >= 15 is 0 Å². The van der Waals surface area contributed by atoms with Gasteiger partial charge in [-0.05, 0) is 87.6 Å². The van der Waals surface area contributed by atoms with Crippen LogP contribution in [0.25, 0.3) is 33.6 Å². The van der Waals surface area contributed by atoms with E-state index in [0.717, 1.165) is 64.3 Å². The lowest BCUT2D eigenvalue weighted by Gasteiger charge is -2.37. The van der Waals surface area contributed by atoms with E-state index in [1.165, 1.54) is 7.11 Å². The summed E-state index contributed by atoms with van der Waals surface area (Å²) in [5.41, 5.74) is 5.92. The first-order valence-corrected chi connectivity index (χ1v) is 18.7. The second-order valence-corrected chi connectivity index (χ2v) is 15.5. The Bertz CT molecular complexity index is 2080. The van der Waals surface area contributed by atoms with Crippen LogP contribution in [0.15, 0.2) is 73.1 Å². The van der Waals surface area contributed by atoms with Gasteiger partial charge < -0.3 is 39.9 Å². The molecule has 4 aromatic rings. The van der Waals surface area contributed by atoms with E-state index in [9.17, 15) is 19.2 Å². The van der Waals surface area contributed by atoms with Crippen LogP contribution in [0.4, 0.5) is 9.59 Å². The summed E-state index contributed by atoms with van der Waals surface area (Å²) >= 11 is 0. The van der Waals surface area contributed by atoms with E-state index in [2.05, 4.69) is 73.3 Å². The van der Waals surface area contributed by atoms with Crippen molar-refractivity contribution in [1.82, 2.24) is 40.4 Å². The number of carbonyl (C=O) groups excluding carboxylic acids is 4. The molecule has 0 bridgehead atoms. The van der Waals surface area contributed by atoms with Crippen molar-refractivity contribution in [3.63, 3.8) is 0 Å². The molecule has 0 radical (unpaired) electrons. The highest BCUT2D eigenvalue weighted by atomic mass is 16.6. The van der Waals surface area contributed by atoms with Crippen molar-refractivity contribution < 1.29 is 28.7 Å². The van der Waals surface area contributed by atoms with Crippen molar-refractivity contribution in [3.05, 3.63) is 84.7 Å². The van der Waals surface area contributed by atoms with Gasteiger partial charge in [0.15, 0.2) is 0 Å². The lowest BCUT2D eigenvalue weighted by molar-refractivity contribution is -0.140. The number of ether oxygens (including phenoxy) is 2. The number of nitrogens with one attached hydrogen (secondary N) is 4. The van der Waals surface area contributed by atoms with E-state index in [-0.39, 0.29) is 23.9 Å². The number of likely N-dealkylation sites (tertiary alicyclic amines) is 1. The number of nitrogens with zero attached hydrogens (tertiary/aromatic N) is 4. The van der Waals surface area contributed by atoms with Crippen LogP contribution < -0.4 is 10.6 Å². The Morgan fingerprint density at radius 1 is 0.855 bits per heavy atom. The topological polar surface area (TPSA) is 175 Å². The van der Waals surface area contributed by atoms with Crippen molar-refractivity contribution in [2.75, 3.05) is 13.7 Å². The number of aromatic amines is 2. The third-order valence-electron chi connectivity index (χ3n) is 10.6. The average molecular weight is 749 g/mol. The van der Waals surface area contributed by atoms with Crippen LogP contribution in [0.5, 0.6) is 0 Å². The van der Waals surface area contributed by atoms with E-state index in [1.807, 2.05) is 23.2 Å². The highest BCUT2D eigenvalue weighted by molar-refractivity contribution is 5.87. The number of piperidine rings is 1. The Kier molecular flexibility index (Phi) is 10.3. The first-order valence-electron chi connectivity index (χ1n) is 18.7. The highest BCUT2D eigenvalue weighted by Gasteiger charge is 2.45. The molecule has 14 nitrogen and oxygen atoms in total. The molecule has 0 aliphatic carbocycles. The lowest BCUT2D eigenvalue weighted by Crippen LogP contribution is -2.55. The summed E-state index contributed by atoms with van der Waals surface area (Å²) in [7, 11) is 1.26. The molecular weight excluding hydrogens is 701 g/mol. The molecule has 0 saturated carbocycles. The van der Waals surface area contributed by atoms with E-state index < -0.39 is 35.9 Å². The second kappa shape index (κ2) is 15.1.